The Labute approximate surface area is 165 Å². The number of hydrogen-bond acceptors (Lipinski definition) is 4. The van der Waals surface area contributed by atoms with Gasteiger partial charge in [-0.05, 0) is 48.0 Å². The molecule has 0 fully saturated rings. The zero-order valence-corrected chi connectivity index (χ0v) is 15.4. The first-order chi connectivity index (χ1) is 13.4. The van der Waals surface area contributed by atoms with E-state index in [2.05, 4.69) is 5.32 Å². The summed E-state index contributed by atoms with van der Waals surface area (Å²) in [5.74, 6) is -1.63. The zero-order chi connectivity index (χ0) is 20.1. The second-order valence-electron chi connectivity index (χ2n) is 5.92. The third-order valence-corrected chi connectivity index (χ3v) is 4.18. The van der Waals surface area contributed by atoms with Crippen LogP contribution >= 0.6 is 12.2 Å². The minimum atomic E-state index is -0.727. The number of carbonyl (C=O) groups excluding carboxylic acids is 1. The largest absolute Gasteiger partial charge is 0.426 e. The summed E-state index contributed by atoms with van der Waals surface area (Å²) in [7, 11) is 0. The van der Waals surface area contributed by atoms with Crippen LogP contribution in [0.4, 0.5) is 20.2 Å². The van der Waals surface area contributed by atoms with Gasteiger partial charge in [0.25, 0.3) is 0 Å². The number of hydrogen-bond donors (Lipinski definition) is 2. The van der Waals surface area contributed by atoms with E-state index >= 15 is 0 Å². The van der Waals surface area contributed by atoms with Gasteiger partial charge in [-0.3, -0.25) is 4.79 Å². The molecule has 0 spiro atoms. The summed E-state index contributed by atoms with van der Waals surface area (Å²) >= 11 is 4.88. The average Bonchev–Trinajstić information content (AvgIpc) is 2.66. The van der Waals surface area contributed by atoms with Gasteiger partial charge in [0.05, 0.1) is 6.42 Å². The molecular formula is C21H16F2N2O2S. The molecule has 0 unspecified atom stereocenters. The number of esters is 1. The van der Waals surface area contributed by atoms with Crippen molar-refractivity contribution >= 4 is 34.6 Å². The molecule has 0 radical (unpaired) electrons. The standard InChI is InChI=1S/C21H16F2N2O2S/c22-16-5-3-6-17(23)20(16)25-18-7-2-1-4-14(18)12-19(26)27-15-10-8-13(9-11-15)21(24)28/h1-11,25H,12H2,(H2,24,28). The third-order valence-electron chi connectivity index (χ3n) is 3.95. The summed E-state index contributed by atoms with van der Waals surface area (Å²) in [4.78, 5) is 12.5. The fraction of sp³-hybridized carbons (Fsp3) is 0.0476. The van der Waals surface area contributed by atoms with E-state index in [1.807, 2.05) is 0 Å². The summed E-state index contributed by atoms with van der Waals surface area (Å²) in [6, 6.07) is 16.8. The van der Waals surface area contributed by atoms with Crippen LogP contribution in [0.2, 0.25) is 0 Å². The van der Waals surface area contributed by atoms with Crippen molar-refractivity contribution in [2.75, 3.05) is 5.32 Å². The number of benzene rings is 3. The maximum atomic E-state index is 13.9. The highest BCUT2D eigenvalue weighted by atomic mass is 32.1. The number of anilines is 2. The fourth-order valence-electron chi connectivity index (χ4n) is 2.56. The minimum absolute atomic E-state index is 0.0870. The highest BCUT2D eigenvalue weighted by molar-refractivity contribution is 7.80. The molecule has 4 nitrogen and oxygen atoms in total. The van der Waals surface area contributed by atoms with Gasteiger partial charge < -0.3 is 15.8 Å². The molecule has 0 amide bonds. The predicted molar refractivity (Wildman–Crippen MR) is 108 cm³/mol. The van der Waals surface area contributed by atoms with Gasteiger partial charge in [-0.25, -0.2) is 8.78 Å². The topological polar surface area (TPSA) is 64.3 Å². The first-order valence-electron chi connectivity index (χ1n) is 8.33. The van der Waals surface area contributed by atoms with Crippen molar-refractivity contribution in [2.24, 2.45) is 5.73 Å². The maximum absolute atomic E-state index is 13.9. The summed E-state index contributed by atoms with van der Waals surface area (Å²) in [5, 5.41) is 2.71. The van der Waals surface area contributed by atoms with Crippen LogP contribution < -0.4 is 15.8 Å². The van der Waals surface area contributed by atoms with Gasteiger partial charge in [0, 0.05) is 11.3 Å². The molecule has 0 saturated heterocycles. The van der Waals surface area contributed by atoms with Gasteiger partial charge in [0.15, 0.2) is 0 Å². The lowest BCUT2D eigenvalue weighted by Gasteiger charge is -2.13. The fourth-order valence-corrected chi connectivity index (χ4v) is 2.69. The Hall–Kier alpha value is -3.32. The van der Waals surface area contributed by atoms with Crippen molar-refractivity contribution in [1.82, 2.24) is 0 Å². The van der Waals surface area contributed by atoms with E-state index in [-0.39, 0.29) is 17.1 Å². The number of para-hydroxylation sites is 2. The van der Waals surface area contributed by atoms with Crippen molar-refractivity contribution in [1.29, 1.82) is 0 Å². The van der Waals surface area contributed by atoms with Crippen molar-refractivity contribution in [3.63, 3.8) is 0 Å². The second-order valence-corrected chi connectivity index (χ2v) is 6.36. The smallest absolute Gasteiger partial charge is 0.315 e. The van der Waals surface area contributed by atoms with Crippen LogP contribution in [-0.4, -0.2) is 11.0 Å². The highest BCUT2D eigenvalue weighted by Crippen LogP contribution is 2.26. The van der Waals surface area contributed by atoms with Gasteiger partial charge in [0.2, 0.25) is 0 Å². The molecular weight excluding hydrogens is 382 g/mol. The molecule has 3 rings (SSSR count). The van der Waals surface area contributed by atoms with E-state index in [1.165, 1.54) is 6.07 Å². The molecule has 0 aliphatic heterocycles. The molecule has 0 atom stereocenters. The zero-order valence-electron chi connectivity index (χ0n) is 14.6. The monoisotopic (exact) mass is 398 g/mol. The van der Waals surface area contributed by atoms with E-state index in [4.69, 9.17) is 22.7 Å². The van der Waals surface area contributed by atoms with E-state index in [0.717, 1.165) is 12.1 Å². The Morgan fingerprint density at radius 1 is 0.964 bits per heavy atom. The van der Waals surface area contributed by atoms with Crippen molar-refractivity contribution in [3.8, 4) is 5.75 Å². The van der Waals surface area contributed by atoms with Crippen LogP contribution in [0.15, 0.2) is 66.7 Å². The summed E-state index contributed by atoms with van der Waals surface area (Å²) in [6.07, 6.45) is -0.0870. The number of halogens is 2. The number of ether oxygens (including phenoxy) is 1. The van der Waals surface area contributed by atoms with Crippen LogP contribution in [0.3, 0.4) is 0 Å². The lowest BCUT2D eigenvalue weighted by Crippen LogP contribution is -2.13. The molecule has 0 aliphatic rings. The molecule has 0 aliphatic carbocycles. The summed E-state index contributed by atoms with van der Waals surface area (Å²) in [6.45, 7) is 0. The van der Waals surface area contributed by atoms with Gasteiger partial charge >= 0.3 is 5.97 Å². The number of rotatable bonds is 6. The molecule has 0 heterocycles. The molecule has 3 aromatic rings. The van der Waals surface area contributed by atoms with Crippen molar-refractivity contribution in [3.05, 3.63) is 89.5 Å². The Balaban J connectivity index is 1.74. The molecule has 7 heteroatoms. The van der Waals surface area contributed by atoms with E-state index in [9.17, 15) is 13.6 Å². The van der Waals surface area contributed by atoms with Gasteiger partial charge in [0.1, 0.15) is 28.1 Å². The molecule has 3 aromatic carbocycles. The lowest BCUT2D eigenvalue weighted by atomic mass is 10.1. The average molecular weight is 398 g/mol. The molecule has 0 bridgehead atoms. The van der Waals surface area contributed by atoms with Crippen LogP contribution in [-0.2, 0) is 11.2 Å². The van der Waals surface area contributed by atoms with Gasteiger partial charge in [-0.15, -0.1) is 0 Å². The van der Waals surface area contributed by atoms with Crippen LogP contribution in [0.25, 0.3) is 0 Å². The lowest BCUT2D eigenvalue weighted by molar-refractivity contribution is -0.133. The first-order valence-corrected chi connectivity index (χ1v) is 8.74. The Bertz CT molecular complexity index is 1000. The quantitative estimate of drug-likeness (QED) is 0.364. The van der Waals surface area contributed by atoms with Crippen LogP contribution in [0, 0.1) is 11.6 Å². The summed E-state index contributed by atoms with van der Waals surface area (Å²) in [5.41, 5.74) is 6.86. The normalized spacial score (nSPS) is 10.4. The minimum Gasteiger partial charge on any atom is -0.426 e. The maximum Gasteiger partial charge on any atom is 0.315 e. The Kier molecular flexibility index (Phi) is 5.96. The van der Waals surface area contributed by atoms with Gasteiger partial charge in [-0.1, -0.05) is 36.5 Å². The number of nitrogens with one attached hydrogen (secondary N) is 1. The van der Waals surface area contributed by atoms with Gasteiger partial charge in [-0.2, -0.15) is 0 Å². The van der Waals surface area contributed by atoms with E-state index in [1.54, 1.807) is 48.5 Å². The number of carbonyl (C=O) groups is 1. The molecule has 3 N–H and O–H groups in total. The van der Waals surface area contributed by atoms with E-state index < -0.39 is 17.6 Å². The SMILES string of the molecule is NC(=S)c1ccc(OC(=O)Cc2ccccc2Nc2c(F)cccc2F)cc1. The van der Waals surface area contributed by atoms with Crippen molar-refractivity contribution < 1.29 is 18.3 Å². The first kappa shape index (κ1) is 19.4. The second kappa shape index (κ2) is 8.58. The molecule has 0 saturated carbocycles. The van der Waals surface area contributed by atoms with E-state index in [0.29, 0.717) is 22.6 Å². The van der Waals surface area contributed by atoms with Crippen LogP contribution in [0.1, 0.15) is 11.1 Å². The molecule has 0 aromatic heterocycles. The third kappa shape index (κ3) is 4.69. The Morgan fingerprint density at radius 3 is 2.25 bits per heavy atom. The Morgan fingerprint density at radius 2 is 1.61 bits per heavy atom. The predicted octanol–water partition coefficient (Wildman–Crippen LogP) is 4.49. The molecule has 142 valence electrons. The van der Waals surface area contributed by atoms with Crippen molar-refractivity contribution in [2.45, 2.75) is 6.42 Å². The summed E-state index contributed by atoms with van der Waals surface area (Å²) < 4.78 is 33.1. The molecule has 28 heavy (non-hydrogen) atoms. The highest BCUT2D eigenvalue weighted by Gasteiger charge is 2.14. The van der Waals surface area contributed by atoms with Crippen LogP contribution in [0.5, 0.6) is 5.75 Å². The number of nitrogens with two attached hydrogens (primary N) is 1. The number of thiocarbonyl (C=S) groups is 1.